The number of aromatic nitrogens is 1. The first-order valence-corrected chi connectivity index (χ1v) is 11.7. The summed E-state index contributed by atoms with van der Waals surface area (Å²) in [5, 5.41) is 9.81. The number of benzene rings is 1. The molecule has 0 spiro atoms. The molecule has 0 unspecified atom stereocenters. The Morgan fingerprint density at radius 1 is 1.16 bits per heavy atom. The van der Waals surface area contributed by atoms with Gasteiger partial charge in [-0.15, -0.1) is 0 Å². The highest BCUT2D eigenvalue weighted by atomic mass is 35.5. The van der Waals surface area contributed by atoms with Crippen molar-refractivity contribution in [2.24, 2.45) is 5.92 Å². The summed E-state index contributed by atoms with van der Waals surface area (Å²) in [7, 11) is 1.24. The summed E-state index contributed by atoms with van der Waals surface area (Å²) in [5.74, 6) is -4.71. The first-order chi connectivity index (χ1) is 17.8. The topological polar surface area (TPSA) is 146 Å². The zero-order valence-electron chi connectivity index (χ0n) is 20.1. The van der Waals surface area contributed by atoms with Crippen molar-refractivity contribution < 1.29 is 37.1 Å². The Morgan fingerprint density at radius 3 is 2.42 bits per heavy atom. The summed E-state index contributed by atoms with van der Waals surface area (Å²) in [6.45, 7) is 1.78. The van der Waals surface area contributed by atoms with Crippen LogP contribution in [0, 0.1) is 5.92 Å². The smallest absolute Gasteiger partial charge is 0.353 e. The average molecular weight is 554 g/mol. The molecular formula is C24H23ClF3N5O5. The van der Waals surface area contributed by atoms with Crippen LogP contribution in [0.25, 0.3) is 0 Å². The van der Waals surface area contributed by atoms with Gasteiger partial charge in [0.05, 0.1) is 22.9 Å². The van der Waals surface area contributed by atoms with E-state index in [0.29, 0.717) is 18.7 Å². The van der Waals surface area contributed by atoms with Crippen LogP contribution in [0.1, 0.15) is 46.2 Å². The van der Waals surface area contributed by atoms with E-state index in [2.05, 4.69) is 26.3 Å². The standard InChI is InChI=1S/C24H23ClF3N5O5/c1-11-7-12(20(35)31-11)8-18(19(34)23(38)29-2)33-21(36)15-9-14(25)4-6-16(15)32-22(37)17-5-3-13(10-30-17)24(26,27)28/h3-6,9-12,18H,7-8H2,1-2H3,(H,29,38)(H,31,35)(H,32,37)(H,33,36)/t11-,12+,18+/m1/s1. The van der Waals surface area contributed by atoms with Crippen LogP contribution >= 0.6 is 11.6 Å². The third kappa shape index (κ3) is 6.85. The van der Waals surface area contributed by atoms with Crippen LogP contribution in [0.15, 0.2) is 36.5 Å². The summed E-state index contributed by atoms with van der Waals surface area (Å²) in [6, 6.07) is 3.87. The molecular weight excluding hydrogens is 531 g/mol. The zero-order chi connectivity index (χ0) is 28.2. The summed E-state index contributed by atoms with van der Waals surface area (Å²) < 4.78 is 38.3. The molecule has 1 aliphatic rings. The van der Waals surface area contributed by atoms with Gasteiger partial charge in [-0.1, -0.05) is 11.6 Å². The molecule has 14 heteroatoms. The molecule has 0 radical (unpaired) electrons. The predicted molar refractivity (Wildman–Crippen MR) is 129 cm³/mol. The number of carbonyl (C=O) groups is 5. The van der Waals surface area contributed by atoms with Gasteiger partial charge in [0.2, 0.25) is 11.7 Å². The first kappa shape index (κ1) is 28.6. The third-order valence-corrected chi connectivity index (χ3v) is 6.02. The number of anilines is 1. The van der Waals surface area contributed by atoms with Crippen LogP contribution in [0.3, 0.4) is 0 Å². The number of ketones is 1. The molecule has 1 saturated heterocycles. The fourth-order valence-electron chi connectivity index (χ4n) is 3.89. The van der Waals surface area contributed by atoms with Crippen molar-refractivity contribution in [3.8, 4) is 0 Å². The van der Waals surface area contributed by atoms with Crippen molar-refractivity contribution in [3.63, 3.8) is 0 Å². The number of nitrogens with zero attached hydrogens (tertiary/aromatic N) is 1. The number of carbonyl (C=O) groups excluding carboxylic acids is 5. The van der Waals surface area contributed by atoms with Crippen LogP contribution in [-0.4, -0.2) is 53.5 Å². The van der Waals surface area contributed by atoms with E-state index in [1.54, 1.807) is 6.92 Å². The minimum atomic E-state index is -4.64. The maximum atomic E-state index is 13.2. The molecule has 4 amide bonds. The number of hydrogen-bond acceptors (Lipinski definition) is 6. The van der Waals surface area contributed by atoms with E-state index in [9.17, 15) is 37.1 Å². The Labute approximate surface area is 219 Å². The molecule has 2 aromatic rings. The second kappa shape index (κ2) is 11.6. The molecule has 38 heavy (non-hydrogen) atoms. The van der Waals surface area contributed by atoms with E-state index >= 15 is 0 Å². The number of amides is 4. The lowest BCUT2D eigenvalue weighted by atomic mass is 9.93. The molecule has 0 aliphatic carbocycles. The number of nitrogens with one attached hydrogen (secondary N) is 4. The van der Waals surface area contributed by atoms with Gasteiger partial charge in [0.15, 0.2) is 0 Å². The fourth-order valence-corrected chi connectivity index (χ4v) is 4.06. The Bertz CT molecular complexity index is 1270. The van der Waals surface area contributed by atoms with Gasteiger partial charge in [0, 0.05) is 30.2 Å². The minimum Gasteiger partial charge on any atom is -0.353 e. The van der Waals surface area contributed by atoms with Gasteiger partial charge in [-0.2, -0.15) is 13.2 Å². The van der Waals surface area contributed by atoms with Crippen LogP contribution in [0.2, 0.25) is 5.02 Å². The second-order valence-corrected chi connectivity index (χ2v) is 9.06. The molecule has 2 heterocycles. The third-order valence-electron chi connectivity index (χ3n) is 5.79. The molecule has 3 rings (SSSR count). The molecule has 3 atom stereocenters. The van der Waals surface area contributed by atoms with Gasteiger partial charge in [-0.05, 0) is 50.1 Å². The lowest BCUT2D eigenvalue weighted by Gasteiger charge is -2.20. The largest absolute Gasteiger partial charge is 0.417 e. The van der Waals surface area contributed by atoms with Crippen LogP contribution in [0.4, 0.5) is 18.9 Å². The van der Waals surface area contributed by atoms with Crippen LogP contribution in [0.5, 0.6) is 0 Å². The Hall–Kier alpha value is -4.00. The van der Waals surface area contributed by atoms with Gasteiger partial charge in [0.1, 0.15) is 5.69 Å². The van der Waals surface area contributed by atoms with Gasteiger partial charge < -0.3 is 21.3 Å². The van der Waals surface area contributed by atoms with E-state index in [0.717, 1.165) is 6.07 Å². The molecule has 4 N–H and O–H groups in total. The summed E-state index contributed by atoms with van der Waals surface area (Å²) in [6.07, 6.45) is -3.89. The SMILES string of the molecule is CNC(=O)C(=O)[C@H](C[C@@H]1C[C@@H](C)NC1=O)NC(=O)c1cc(Cl)ccc1NC(=O)c1ccc(C(F)(F)F)cn1. The Balaban J connectivity index is 1.84. The molecule has 10 nitrogen and oxygen atoms in total. The molecule has 0 bridgehead atoms. The van der Waals surface area contributed by atoms with Gasteiger partial charge in [-0.25, -0.2) is 0 Å². The normalized spacial score (nSPS) is 17.8. The highest BCUT2D eigenvalue weighted by Crippen LogP contribution is 2.29. The molecule has 1 fully saturated rings. The quantitative estimate of drug-likeness (QED) is 0.369. The van der Waals surface area contributed by atoms with Crippen LogP contribution < -0.4 is 21.3 Å². The van der Waals surface area contributed by atoms with Crippen LogP contribution in [-0.2, 0) is 20.6 Å². The summed E-state index contributed by atoms with van der Waals surface area (Å²) in [4.78, 5) is 66.2. The van der Waals surface area contributed by atoms with E-state index in [1.807, 2.05) is 0 Å². The van der Waals surface area contributed by atoms with Crippen molar-refractivity contribution in [2.45, 2.75) is 38.0 Å². The van der Waals surface area contributed by atoms with Gasteiger partial charge in [-0.3, -0.25) is 29.0 Å². The Morgan fingerprint density at radius 2 is 1.87 bits per heavy atom. The molecule has 1 aromatic carbocycles. The van der Waals surface area contributed by atoms with E-state index < -0.39 is 47.2 Å². The molecule has 1 aliphatic heterocycles. The molecule has 1 aromatic heterocycles. The number of likely N-dealkylation sites (N-methyl/N-ethyl adjacent to an activating group) is 1. The number of pyridine rings is 1. The number of rotatable bonds is 8. The number of alkyl halides is 3. The second-order valence-electron chi connectivity index (χ2n) is 8.62. The minimum absolute atomic E-state index is 0.0861. The number of hydrogen-bond donors (Lipinski definition) is 4. The lowest BCUT2D eigenvalue weighted by Crippen LogP contribution is -2.48. The summed E-state index contributed by atoms with van der Waals surface area (Å²) >= 11 is 6.02. The monoisotopic (exact) mass is 553 g/mol. The van der Waals surface area contributed by atoms with Gasteiger partial charge >= 0.3 is 6.18 Å². The average Bonchev–Trinajstić information content (AvgIpc) is 3.19. The molecule has 0 saturated carbocycles. The van der Waals surface area contributed by atoms with Crippen molar-refractivity contribution in [1.82, 2.24) is 20.9 Å². The van der Waals surface area contributed by atoms with Gasteiger partial charge in [0.25, 0.3) is 17.7 Å². The highest BCUT2D eigenvalue weighted by molar-refractivity contribution is 6.38. The lowest BCUT2D eigenvalue weighted by molar-refractivity contribution is -0.139. The first-order valence-electron chi connectivity index (χ1n) is 11.3. The van der Waals surface area contributed by atoms with Crippen molar-refractivity contribution in [2.75, 3.05) is 12.4 Å². The zero-order valence-corrected chi connectivity index (χ0v) is 20.9. The maximum Gasteiger partial charge on any atom is 0.417 e. The maximum absolute atomic E-state index is 13.2. The predicted octanol–water partition coefficient (Wildman–Crippen LogP) is 2.33. The fraction of sp³-hybridized carbons (Fsp3) is 0.333. The summed E-state index contributed by atoms with van der Waals surface area (Å²) in [5.41, 5.74) is -1.68. The van der Waals surface area contributed by atoms with E-state index in [4.69, 9.17) is 11.6 Å². The van der Waals surface area contributed by atoms with Crippen molar-refractivity contribution in [1.29, 1.82) is 0 Å². The van der Waals surface area contributed by atoms with Crippen molar-refractivity contribution >= 4 is 46.7 Å². The molecule has 202 valence electrons. The highest BCUT2D eigenvalue weighted by Gasteiger charge is 2.36. The van der Waals surface area contributed by atoms with E-state index in [-0.39, 0.29) is 40.3 Å². The number of Topliss-reactive ketones (excluding diaryl/α,β-unsaturated/α-hetero) is 1. The van der Waals surface area contributed by atoms with Crippen molar-refractivity contribution in [3.05, 3.63) is 58.4 Å². The number of halogens is 4. The van der Waals surface area contributed by atoms with E-state index in [1.165, 1.54) is 25.2 Å². The Kier molecular flexibility index (Phi) is 8.71.